The summed E-state index contributed by atoms with van der Waals surface area (Å²) in [5, 5.41) is 18.2. The molecule has 0 aliphatic heterocycles. The van der Waals surface area contributed by atoms with Crippen molar-refractivity contribution < 1.29 is 5.11 Å². The van der Waals surface area contributed by atoms with Crippen molar-refractivity contribution in [1.82, 2.24) is 10.6 Å². The van der Waals surface area contributed by atoms with Crippen LogP contribution < -0.4 is 16.4 Å². The Labute approximate surface area is 235 Å². The SMILES string of the molecule is CC(C)CCC[C@@H](C)[C@H]1CCC2C3C[C@@H](NCCCCNCCCN)C4=C[C@@H](O)CC[C@]4(C)C3CC[C@@]21C. The Morgan fingerprint density at radius 3 is 2.45 bits per heavy atom. The number of aliphatic hydroxyl groups excluding tert-OH is 1. The summed E-state index contributed by atoms with van der Waals surface area (Å²) >= 11 is 0. The van der Waals surface area contributed by atoms with Crippen LogP contribution in [0, 0.1) is 46.3 Å². The van der Waals surface area contributed by atoms with Crippen LogP contribution in [0.4, 0.5) is 0 Å². The Kier molecular flexibility index (Phi) is 10.8. The predicted molar refractivity (Wildman–Crippen MR) is 162 cm³/mol. The van der Waals surface area contributed by atoms with Crippen molar-refractivity contribution in [2.24, 2.45) is 52.1 Å². The van der Waals surface area contributed by atoms with Gasteiger partial charge in [-0.25, -0.2) is 0 Å². The highest BCUT2D eigenvalue weighted by Crippen LogP contribution is 2.67. The molecule has 4 rings (SSSR count). The molecule has 3 saturated carbocycles. The molecule has 3 unspecified atom stereocenters. The average molecular weight is 530 g/mol. The standard InChI is InChI=1S/C34H63N3O/c1-24(2)10-8-11-25(3)28-12-13-29-27-23-32(37-21-7-6-19-36-20-9-18-35)31-22-26(38)14-16-34(31,5)30(27)15-17-33(28,29)4/h22,24-30,32,36-38H,6-21,23,35H2,1-5H3/t25-,26+,27?,28-,29?,30?,32-,33-,34-/m1/s1. The second kappa shape index (κ2) is 13.5. The van der Waals surface area contributed by atoms with Crippen LogP contribution in [-0.2, 0) is 0 Å². The first kappa shape index (κ1) is 30.5. The van der Waals surface area contributed by atoms with Gasteiger partial charge in [0.2, 0.25) is 0 Å². The van der Waals surface area contributed by atoms with E-state index in [1.165, 1.54) is 70.6 Å². The number of rotatable bonds is 14. The zero-order chi connectivity index (χ0) is 27.3. The number of nitrogens with two attached hydrogens (primary N) is 1. The van der Waals surface area contributed by atoms with Crippen LogP contribution in [0.1, 0.15) is 118 Å². The van der Waals surface area contributed by atoms with E-state index in [9.17, 15) is 5.11 Å². The minimum Gasteiger partial charge on any atom is -0.389 e. The summed E-state index contributed by atoms with van der Waals surface area (Å²) in [6.45, 7) is 16.6. The number of hydrogen-bond donors (Lipinski definition) is 4. The van der Waals surface area contributed by atoms with E-state index < -0.39 is 0 Å². The zero-order valence-corrected chi connectivity index (χ0v) is 25.7. The van der Waals surface area contributed by atoms with E-state index in [0.29, 0.717) is 11.5 Å². The Bertz CT molecular complexity index is 767. The number of unbranched alkanes of at least 4 members (excludes halogenated alkanes) is 1. The lowest BCUT2D eigenvalue weighted by Gasteiger charge is -2.60. The maximum absolute atomic E-state index is 10.7. The van der Waals surface area contributed by atoms with Gasteiger partial charge in [-0.1, -0.05) is 60.0 Å². The molecule has 0 aromatic carbocycles. The second-order valence-electron chi connectivity index (χ2n) is 14.9. The minimum atomic E-state index is -0.248. The van der Waals surface area contributed by atoms with Gasteiger partial charge < -0.3 is 21.5 Å². The van der Waals surface area contributed by atoms with Gasteiger partial charge >= 0.3 is 0 Å². The number of aliphatic hydroxyl groups is 1. The van der Waals surface area contributed by atoms with Gasteiger partial charge in [0.05, 0.1) is 6.10 Å². The fourth-order valence-corrected chi connectivity index (χ4v) is 10.0. The number of nitrogens with one attached hydrogen (secondary N) is 2. The van der Waals surface area contributed by atoms with E-state index in [1.54, 1.807) is 5.57 Å². The van der Waals surface area contributed by atoms with Crippen LogP contribution >= 0.6 is 0 Å². The summed E-state index contributed by atoms with van der Waals surface area (Å²) in [6, 6.07) is 0.450. The van der Waals surface area contributed by atoms with Crippen molar-refractivity contribution in [2.75, 3.05) is 26.2 Å². The second-order valence-corrected chi connectivity index (χ2v) is 14.9. The quantitative estimate of drug-likeness (QED) is 0.150. The summed E-state index contributed by atoms with van der Waals surface area (Å²) in [5.74, 6) is 5.15. The predicted octanol–water partition coefficient (Wildman–Crippen LogP) is 6.68. The molecule has 0 aromatic rings. The van der Waals surface area contributed by atoms with Gasteiger partial charge in [0, 0.05) is 6.04 Å². The van der Waals surface area contributed by atoms with Crippen LogP contribution in [0.15, 0.2) is 11.6 Å². The highest BCUT2D eigenvalue weighted by atomic mass is 16.3. The molecule has 3 fully saturated rings. The largest absolute Gasteiger partial charge is 0.389 e. The molecular formula is C34H63N3O. The molecule has 38 heavy (non-hydrogen) atoms. The molecule has 0 aromatic heterocycles. The van der Waals surface area contributed by atoms with Crippen LogP contribution in [0.3, 0.4) is 0 Å². The third-order valence-corrected chi connectivity index (χ3v) is 12.1. The lowest BCUT2D eigenvalue weighted by molar-refractivity contribution is -0.0687. The average Bonchev–Trinajstić information content (AvgIpc) is 3.23. The molecule has 4 heteroatoms. The zero-order valence-electron chi connectivity index (χ0n) is 25.7. The Morgan fingerprint density at radius 1 is 0.921 bits per heavy atom. The molecule has 4 aliphatic carbocycles. The molecular weight excluding hydrogens is 466 g/mol. The molecule has 0 amide bonds. The maximum Gasteiger partial charge on any atom is 0.0724 e. The van der Waals surface area contributed by atoms with Crippen LogP contribution in [0.25, 0.3) is 0 Å². The summed E-state index contributed by atoms with van der Waals surface area (Å²) in [7, 11) is 0. The van der Waals surface area contributed by atoms with Crippen molar-refractivity contribution in [2.45, 2.75) is 130 Å². The normalized spacial score (nSPS) is 39.4. The fraction of sp³-hybridized carbons (Fsp3) is 0.941. The van der Waals surface area contributed by atoms with Gasteiger partial charge in [-0.05, 0) is 142 Å². The maximum atomic E-state index is 10.7. The van der Waals surface area contributed by atoms with Gasteiger partial charge in [0.1, 0.15) is 0 Å². The number of hydrogen-bond acceptors (Lipinski definition) is 4. The molecule has 0 spiro atoms. The van der Waals surface area contributed by atoms with E-state index >= 15 is 0 Å². The molecule has 9 atom stereocenters. The molecule has 0 radical (unpaired) electrons. The van der Waals surface area contributed by atoms with E-state index in [4.69, 9.17) is 5.73 Å². The first-order chi connectivity index (χ1) is 18.2. The third kappa shape index (κ3) is 6.55. The lowest BCUT2D eigenvalue weighted by Crippen LogP contribution is -2.57. The van der Waals surface area contributed by atoms with Gasteiger partial charge in [-0.2, -0.15) is 0 Å². The molecule has 0 saturated heterocycles. The van der Waals surface area contributed by atoms with Crippen molar-refractivity contribution in [3.8, 4) is 0 Å². The topological polar surface area (TPSA) is 70.3 Å². The third-order valence-electron chi connectivity index (χ3n) is 12.1. The van der Waals surface area contributed by atoms with Crippen LogP contribution in [0.2, 0.25) is 0 Å². The van der Waals surface area contributed by atoms with Crippen molar-refractivity contribution in [1.29, 1.82) is 0 Å². The van der Waals surface area contributed by atoms with E-state index in [0.717, 1.165) is 74.5 Å². The number of fused-ring (bicyclic) bond motifs is 5. The van der Waals surface area contributed by atoms with Crippen molar-refractivity contribution in [3.05, 3.63) is 11.6 Å². The first-order valence-electron chi connectivity index (χ1n) is 16.7. The van der Waals surface area contributed by atoms with Crippen LogP contribution in [-0.4, -0.2) is 43.4 Å². The summed E-state index contributed by atoms with van der Waals surface area (Å²) in [5.41, 5.74) is 7.98. The van der Waals surface area contributed by atoms with Crippen LogP contribution in [0.5, 0.6) is 0 Å². The Hall–Kier alpha value is -0.420. The molecule has 5 N–H and O–H groups in total. The van der Waals surface area contributed by atoms with Gasteiger partial charge in [0.15, 0.2) is 0 Å². The van der Waals surface area contributed by atoms with E-state index in [2.05, 4.69) is 51.3 Å². The van der Waals surface area contributed by atoms with Gasteiger partial charge in [0.25, 0.3) is 0 Å². The summed E-state index contributed by atoms with van der Waals surface area (Å²) in [6.07, 6.45) is 18.9. The Morgan fingerprint density at radius 2 is 1.68 bits per heavy atom. The summed E-state index contributed by atoms with van der Waals surface area (Å²) in [4.78, 5) is 0. The molecule has 0 heterocycles. The van der Waals surface area contributed by atoms with E-state index in [-0.39, 0.29) is 11.5 Å². The molecule has 220 valence electrons. The highest BCUT2D eigenvalue weighted by Gasteiger charge is 2.60. The monoisotopic (exact) mass is 529 g/mol. The van der Waals surface area contributed by atoms with Gasteiger partial charge in [-0.15, -0.1) is 0 Å². The van der Waals surface area contributed by atoms with Crippen molar-refractivity contribution in [3.63, 3.8) is 0 Å². The highest BCUT2D eigenvalue weighted by molar-refractivity contribution is 5.30. The molecule has 4 nitrogen and oxygen atoms in total. The molecule has 0 bridgehead atoms. The van der Waals surface area contributed by atoms with Crippen molar-refractivity contribution >= 4 is 0 Å². The molecule has 4 aliphatic rings. The lowest BCUT2D eigenvalue weighted by atomic mass is 9.45. The Balaban J connectivity index is 1.43. The minimum absolute atomic E-state index is 0.248. The van der Waals surface area contributed by atoms with E-state index in [1.807, 2.05) is 0 Å². The first-order valence-corrected chi connectivity index (χ1v) is 16.7. The van der Waals surface area contributed by atoms with Gasteiger partial charge in [-0.3, -0.25) is 0 Å². The summed E-state index contributed by atoms with van der Waals surface area (Å²) < 4.78 is 0. The smallest absolute Gasteiger partial charge is 0.0724 e. The fourth-order valence-electron chi connectivity index (χ4n) is 10.0.